The van der Waals surface area contributed by atoms with E-state index in [1.807, 2.05) is 12.1 Å². The molecule has 0 radical (unpaired) electrons. The SMILES string of the molecule is NC(=O)N1C[C@@H](O)C[C@@H]1C(=O)Nc1cccc2c1CCC2. The molecule has 1 fully saturated rings. The van der Waals surface area contributed by atoms with Gasteiger partial charge in [-0.15, -0.1) is 0 Å². The molecule has 0 unspecified atom stereocenters. The fourth-order valence-corrected chi connectivity index (χ4v) is 3.26. The van der Waals surface area contributed by atoms with Gasteiger partial charge in [-0.25, -0.2) is 4.79 Å². The van der Waals surface area contributed by atoms with Crippen LogP contribution < -0.4 is 11.1 Å². The largest absolute Gasteiger partial charge is 0.391 e. The quantitative estimate of drug-likeness (QED) is 0.745. The van der Waals surface area contributed by atoms with Gasteiger partial charge in [0.2, 0.25) is 5.91 Å². The van der Waals surface area contributed by atoms with Crippen LogP contribution in [-0.2, 0) is 17.6 Å². The molecular formula is C15H19N3O3. The normalized spacial score (nSPS) is 24.0. The zero-order valence-corrected chi connectivity index (χ0v) is 11.7. The first kappa shape index (κ1) is 13.9. The first-order chi connectivity index (χ1) is 10.1. The summed E-state index contributed by atoms with van der Waals surface area (Å²) >= 11 is 0. The summed E-state index contributed by atoms with van der Waals surface area (Å²) in [6.07, 6.45) is 2.61. The Bertz CT molecular complexity index is 588. The van der Waals surface area contributed by atoms with Crippen LogP contribution in [0.25, 0.3) is 0 Å². The van der Waals surface area contributed by atoms with E-state index in [1.54, 1.807) is 0 Å². The molecule has 2 aliphatic rings. The summed E-state index contributed by atoms with van der Waals surface area (Å²) in [4.78, 5) is 25.0. The minimum absolute atomic E-state index is 0.111. The number of carbonyl (C=O) groups excluding carboxylic acids is 2. The molecule has 4 N–H and O–H groups in total. The van der Waals surface area contributed by atoms with E-state index in [0.717, 1.165) is 24.9 Å². The molecule has 1 saturated heterocycles. The topological polar surface area (TPSA) is 95.7 Å². The molecule has 6 heteroatoms. The van der Waals surface area contributed by atoms with Crippen molar-refractivity contribution < 1.29 is 14.7 Å². The van der Waals surface area contributed by atoms with Gasteiger partial charge < -0.3 is 21.1 Å². The fourth-order valence-electron chi connectivity index (χ4n) is 3.26. The average Bonchev–Trinajstić information content (AvgIpc) is 3.05. The summed E-state index contributed by atoms with van der Waals surface area (Å²) < 4.78 is 0. The van der Waals surface area contributed by atoms with Crippen LogP contribution in [0.5, 0.6) is 0 Å². The van der Waals surface area contributed by atoms with Crippen molar-refractivity contribution in [1.29, 1.82) is 0 Å². The number of nitrogens with one attached hydrogen (secondary N) is 1. The summed E-state index contributed by atoms with van der Waals surface area (Å²) in [6, 6.07) is 4.50. The fraction of sp³-hybridized carbons (Fsp3) is 0.467. The Morgan fingerprint density at radius 2 is 2.14 bits per heavy atom. The number of primary amides is 1. The highest BCUT2D eigenvalue weighted by Gasteiger charge is 2.38. The highest BCUT2D eigenvalue weighted by Crippen LogP contribution is 2.29. The number of anilines is 1. The lowest BCUT2D eigenvalue weighted by molar-refractivity contribution is -0.119. The number of aryl methyl sites for hydroxylation is 1. The highest BCUT2D eigenvalue weighted by molar-refractivity contribution is 5.98. The number of rotatable bonds is 2. The maximum absolute atomic E-state index is 12.4. The molecule has 6 nitrogen and oxygen atoms in total. The van der Waals surface area contributed by atoms with Crippen molar-refractivity contribution in [1.82, 2.24) is 4.90 Å². The number of aliphatic hydroxyl groups excluding tert-OH is 1. The minimum atomic E-state index is -0.699. The van der Waals surface area contributed by atoms with E-state index in [2.05, 4.69) is 11.4 Å². The zero-order valence-electron chi connectivity index (χ0n) is 11.7. The summed E-state index contributed by atoms with van der Waals surface area (Å²) in [6.45, 7) is 0.111. The number of hydrogen-bond donors (Lipinski definition) is 3. The number of carbonyl (C=O) groups is 2. The third-order valence-electron chi connectivity index (χ3n) is 4.27. The number of aliphatic hydroxyl groups is 1. The van der Waals surface area contributed by atoms with Crippen molar-refractivity contribution in [2.75, 3.05) is 11.9 Å². The maximum atomic E-state index is 12.4. The average molecular weight is 289 g/mol. The lowest BCUT2D eigenvalue weighted by Gasteiger charge is -2.22. The van der Waals surface area contributed by atoms with Gasteiger partial charge in [-0.05, 0) is 36.5 Å². The van der Waals surface area contributed by atoms with Gasteiger partial charge in [0.15, 0.2) is 0 Å². The number of hydrogen-bond acceptors (Lipinski definition) is 3. The Morgan fingerprint density at radius 1 is 1.33 bits per heavy atom. The molecule has 2 atom stereocenters. The first-order valence-electron chi connectivity index (χ1n) is 7.22. The molecule has 3 rings (SSSR count). The number of urea groups is 1. The van der Waals surface area contributed by atoms with E-state index < -0.39 is 18.2 Å². The Balaban J connectivity index is 1.78. The second-order valence-corrected chi connectivity index (χ2v) is 5.68. The van der Waals surface area contributed by atoms with Crippen molar-refractivity contribution in [3.8, 4) is 0 Å². The zero-order chi connectivity index (χ0) is 15.0. The van der Waals surface area contributed by atoms with Crippen LogP contribution in [0.2, 0.25) is 0 Å². The van der Waals surface area contributed by atoms with Crippen LogP contribution in [0.15, 0.2) is 18.2 Å². The smallest absolute Gasteiger partial charge is 0.315 e. The number of fused-ring (bicyclic) bond motifs is 1. The molecule has 1 aromatic rings. The minimum Gasteiger partial charge on any atom is -0.391 e. The summed E-state index contributed by atoms with van der Waals surface area (Å²) in [5.41, 5.74) is 8.52. The second-order valence-electron chi connectivity index (χ2n) is 5.68. The third kappa shape index (κ3) is 2.58. The summed E-state index contributed by atoms with van der Waals surface area (Å²) in [5, 5.41) is 12.5. The van der Waals surface area contributed by atoms with Crippen molar-refractivity contribution >= 4 is 17.6 Å². The second kappa shape index (κ2) is 5.37. The molecule has 3 amide bonds. The van der Waals surface area contributed by atoms with Crippen molar-refractivity contribution in [3.63, 3.8) is 0 Å². The Kier molecular flexibility index (Phi) is 3.55. The van der Waals surface area contributed by atoms with E-state index in [-0.39, 0.29) is 18.9 Å². The lowest BCUT2D eigenvalue weighted by atomic mass is 10.1. The van der Waals surface area contributed by atoms with E-state index in [1.165, 1.54) is 16.0 Å². The van der Waals surface area contributed by atoms with Gasteiger partial charge in [-0.1, -0.05) is 12.1 Å². The first-order valence-corrected chi connectivity index (χ1v) is 7.22. The number of nitrogens with two attached hydrogens (primary N) is 1. The van der Waals surface area contributed by atoms with Crippen LogP contribution in [0, 0.1) is 0 Å². The van der Waals surface area contributed by atoms with Crippen molar-refractivity contribution in [2.24, 2.45) is 5.73 Å². The van der Waals surface area contributed by atoms with Gasteiger partial charge in [-0.3, -0.25) is 4.79 Å². The van der Waals surface area contributed by atoms with E-state index in [0.29, 0.717) is 0 Å². The van der Waals surface area contributed by atoms with Crippen molar-refractivity contribution in [3.05, 3.63) is 29.3 Å². The predicted molar refractivity (Wildman–Crippen MR) is 77.8 cm³/mol. The Labute approximate surface area is 122 Å². The van der Waals surface area contributed by atoms with Gasteiger partial charge >= 0.3 is 6.03 Å². The molecule has 1 aliphatic carbocycles. The molecule has 0 spiro atoms. The molecule has 1 aromatic carbocycles. The number of likely N-dealkylation sites (tertiary alicyclic amines) is 1. The lowest BCUT2D eigenvalue weighted by Crippen LogP contribution is -2.45. The van der Waals surface area contributed by atoms with Gasteiger partial charge in [0, 0.05) is 18.7 Å². The molecule has 1 heterocycles. The van der Waals surface area contributed by atoms with Crippen LogP contribution in [-0.4, -0.2) is 40.6 Å². The van der Waals surface area contributed by atoms with Crippen LogP contribution in [0.4, 0.5) is 10.5 Å². The monoisotopic (exact) mass is 289 g/mol. The van der Waals surface area contributed by atoms with Gasteiger partial charge in [-0.2, -0.15) is 0 Å². The highest BCUT2D eigenvalue weighted by atomic mass is 16.3. The Morgan fingerprint density at radius 3 is 2.90 bits per heavy atom. The molecule has 0 bridgehead atoms. The summed E-state index contributed by atoms with van der Waals surface area (Å²) in [5.74, 6) is -0.286. The summed E-state index contributed by atoms with van der Waals surface area (Å²) in [7, 11) is 0. The standard InChI is InChI=1S/C15H19N3O3/c16-15(21)18-8-10(19)7-13(18)14(20)17-12-6-2-4-9-3-1-5-11(9)12/h2,4,6,10,13,19H,1,3,5,7-8H2,(H2,16,21)(H,17,20)/t10-,13+/m0/s1. The third-order valence-corrected chi connectivity index (χ3v) is 4.27. The maximum Gasteiger partial charge on any atom is 0.315 e. The number of nitrogens with zero attached hydrogens (tertiary/aromatic N) is 1. The van der Waals surface area contributed by atoms with E-state index in [4.69, 9.17) is 5.73 Å². The van der Waals surface area contributed by atoms with E-state index in [9.17, 15) is 14.7 Å². The molecule has 0 aromatic heterocycles. The van der Waals surface area contributed by atoms with Gasteiger partial charge in [0.1, 0.15) is 6.04 Å². The number of amides is 3. The van der Waals surface area contributed by atoms with Crippen LogP contribution in [0.1, 0.15) is 24.0 Å². The molecule has 0 saturated carbocycles. The molecule has 1 aliphatic heterocycles. The molecule has 21 heavy (non-hydrogen) atoms. The van der Waals surface area contributed by atoms with Crippen LogP contribution in [0.3, 0.4) is 0 Å². The van der Waals surface area contributed by atoms with Gasteiger partial charge in [0.05, 0.1) is 6.10 Å². The van der Waals surface area contributed by atoms with Gasteiger partial charge in [0.25, 0.3) is 0 Å². The van der Waals surface area contributed by atoms with E-state index >= 15 is 0 Å². The van der Waals surface area contributed by atoms with Crippen LogP contribution >= 0.6 is 0 Å². The molecular weight excluding hydrogens is 270 g/mol. The van der Waals surface area contributed by atoms with Crippen molar-refractivity contribution in [2.45, 2.75) is 37.8 Å². The predicted octanol–water partition coefficient (Wildman–Crippen LogP) is 0.628. The molecule has 112 valence electrons. The Hall–Kier alpha value is -2.08. The number of β-amino-alcohol motifs (C(OH)–C–C–N with tert-alkyl or cyclic N) is 1. The number of benzene rings is 1.